The van der Waals surface area contributed by atoms with Gasteiger partial charge in [-0.25, -0.2) is 4.79 Å². The minimum Gasteiger partial charge on any atom is -0.479 e. The van der Waals surface area contributed by atoms with E-state index in [0.29, 0.717) is 22.6 Å². The van der Waals surface area contributed by atoms with Gasteiger partial charge < -0.3 is 20.5 Å². The summed E-state index contributed by atoms with van der Waals surface area (Å²) in [4.78, 5) is 35.3. The van der Waals surface area contributed by atoms with Crippen molar-refractivity contribution in [1.29, 1.82) is 5.26 Å². The fourth-order valence-electron chi connectivity index (χ4n) is 2.15. The van der Waals surface area contributed by atoms with E-state index >= 15 is 0 Å². The number of primary amides is 1. The predicted molar refractivity (Wildman–Crippen MR) is 100 cm³/mol. The number of nitrogens with two attached hydrogens (primary N) is 1. The highest BCUT2D eigenvalue weighted by atomic mass is 16.6. The second-order valence-corrected chi connectivity index (χ2v) is 5.91. The number of carbonyl (C=O) groups excluding carboxylic acids is 3. The third-order valence-corrected chi connectivity index (χ3v) is 3.73. The van der Waals surface area contributed by atoms with Gasteiger partial charge in [0.05, 0.1) is 11.6 Å². The van der Waals surface area contributed by atoms with E-state index in [-0.39, 0.29) is 0 Å². The number of benzene rings is 2. The van der Waals surface area contributed by atoms with Crippen LogP contribution in [0.25, 0.3) is 0 Å². The van der Waals surface area contributed by atoms with Crippen LogP contribution in [0.3, 0.4) is 0 Å². The van der Waals surface area contributed by atoms with E-state index in [1.165, 1.54) is 38.1 Å². The predicted octanol–water partition coefficient (Wildman–Crippen LogP) is 1.99. The molecule has 8 heteroatoms. The third-order valence-electron chi connectivity index (χ3n) is 3.73. The third kappa shape index (κ3) is 5.57. The molecule has 0 radical (unpaired) electrons. The number of nitriles is 1. The summed E-state index contributed by atoms with van der Waals surface area (Å²) in [7, 11) is 0. The number of amides is 2. The van der Waals surface area contributed by atoms with Crippen LogP contribution in [-0.4, -0.2) is 30.0 Å². The molecule has 0 spiro atoms. The van der Waals surface area contributed by atoms with E-state index in [0.717, 1.165) is 0 Å². The fourth-order valence-corrected chi connectivity index (χ4v) is 2.15. The minimum absolute atomic E-state index is 0.311. The highest BCUT2D eigenvalue weighted by Gasteiger charge is 2.23. The molecule has 0 unspecified atom stereocenters. The standard InChI is InChI=1S/C20H19N3O5/c1-12(19(25)23-16-7-5-15(6-8-16)18(22)24)28-20(26)13(2)27-17-9-3-14(11-21)4-10-17/h3-10,12-13H,1-2H3,(H2,22,24)(H,23,25)/t12-,13-/m0/s1. The minimum atomic E-state index is -1.06. The van der Waals surface area contributed by atoms with Gasteiger partial charge in [-0.05, 0) is 62.4 Å². The van der Waals surface area contributed by atoms with Crippen molar-refractivity contribution in [2.75, 3.05) is 5.32 Å². The van der Waals surface area contributed by atoms with Gasteiger partial charge in [-0.1, -0.05) is 0 Å². The van der Waals surface area contributed by atoms with Crippen LogP contribution in [0.2, 0.25) is 0 Å². The average molecular weight is 381 g/mol. The molecule has 2 rings (SSSR count). The maximum absolute atomic E-state index is 12.2. The van der Waals surface area contributed by atoms with Crippen LogP contribution in [0.5, 0.6) is 5.75 Å². The number of anilines is 1. The summed E-state index contributed by atoms with van der Waals surface area (Å²) < 4.78 is 10.6. The number of ether oxygens (including phenoxy) is 2. The molecule has 0 bridgehead atoms. The number of esters is 1. The molecule has 0 saturated carbocycles. The summed E-state index contributed by atoms with van der Waals surface area (Å²) in [5.41, 5.74) is 6.37. The van der Waals surface area contributed by atoms with Crippen molar-refractivity contribution in [1.82, 2.24) is 0 Å². The summed E-state index contributed by atoms with van der Waals surface area (Å²) in [6.07, 6.45) is -2.01. The number of hydrogen-bond acceptors (Lipinski definition) is 6. The normalized spacial score (nSPS) is 12.2. The van der Waals surface area contributed by atoms with Crippen molar-refractivity contribution in [3.05, 3.63) is 59.7 Å². The van der Waals surface area contributed by atoms with Crippen molar-refractivity contribution >= 4 is 23.5 Å². The molecule has 0 aliphatic heterocycles. The monoisotopic (exact) mass is 381 g/mol. The summed E-state index contributed by atoms with van der Waals surface area (Å²) in [6.45, 7) is 2.92. The summed E-state index contributed by atoms with van der Waals surface area (Å²) >= 11 is 0. The summed E-state index contributed by atoms with van der Waals surface area (Å²) in [6, 6.07) is 14.2. The lowest BCUT2D eigenvalue weighted by molar-refractivity contribution is -0.159. The zero-order valence-corrected chi connectivity index (χ0v) is 15.3. The molecular weight excluding hydrogens is 362 g/mol. The molecule has 0 saturated heterocycles. The molecule has 0 heterocycles. The molecule has 8 nitrogen and oxygen atoms in total. The molecule has 144 valence electrons. The number of rotatable bonds is 7. The quantitative estimate of drug-likeness (QED) is 0.705. The Balaban J connectivity index is 1.88. The van der Waals surface area contributed by atoms with E-state index in [2.05, 4.69) is 5.32 Å². The van der Waals surface area contributed by atoms with E-state index < -0.39 is 30.0 Å². The second-order valence-electron chi connectivity index (χ2n) is 5.91. The zero-order valence-electron chi connectivity index (χ0n) is 15.3. The smallest absolute Gasteiger partial charge is 0.347 e. The van der Waals surface area contributed by atoms with Crippen molar-refractivity contribution in [3.8, 4) is 11.8 Å². The lowest BCUT2D eigenvalue weighted by atomic mass is 10.2. The molecule has 2 atom stereocenters. The fraction of sp³-hybridized carbons (Fsp3) is 0.200. The highest BCUT2D eigenvalue weighted by Crippen LogP contribution is 2.15. The molecule has 2 aromatic carbocycles. The first-order valence-electron chi connectivity index (χ1n) is 8.38. The van der Waals surface area contributed by atoms with E-state index in [4.69, 9.17) is 20.5 Å². The van der Waals surface area contributed by atoms with Crippen molar-refractivity contribution in [3.63, 3.8) is 0 Å². The van der Waals surface area contributed by atoms with Crippen LogP contribution in [0.1, 0.15) is 29.8 Å². The Labute approximate surface area is 161 Å². The van der Waals surface area contributed by atoms with Gasteiger partial charge in [0.25, 0.3) is 5.91 Å². The second kappa shape index (κ2) is 9.19. The first kappa shape index (κ1) is 20.5. The topological polar surface area (TPSA) is 132 Å². The van der Waals surface area contributed by atoms with Crippen molar-refractivity contribution < 1.29 is 23.9 Å². The molecule has 2 aromatic rings. The SMILES string of the molecule is C[C@H](OC(=O)[C@H](C)Oc1ccc(C#N)cc1)C(=O)Nc1ccc(C(N)=O)cc1. The van der Waals surface area contributed by atoms with E-state index in [9.17, 15) is 14.4 Å². The molecule has 0 fully saturated rings. The van der Waals surface area contributed by atoms with Crippen molar-refractivity contribution in [2.24, 2.45) is 5.73 Å². The Hall–Kier alpha value is -3.86. The Kier molecular flexibility index (Phi) is 6.71. The summed E-state index contributed by atoms with van der Waals surface area (Å²) in [5.74, 6) is -1.42. The maximum atomic E-state index is 12.2. The van der Waals surface area contributed by atoms with Gasteiger partial charge >= 0.3 is 5.97 Å². The van der Waals surface area contributed by atoms with Gasteiger partial charge in [0.2, 0.25) is 5.91 Å². The Morgan fingerprint density at radius 1 is 1.00 bits per heavy atom. The zero-order chi connectivity index (χ0) is 20.7. The Morgan fingerprint density at radius 2 is 1.61 bits per heavy atom. The molecule has 3 N–H and O–H groups in total. The van der Waals surface area contributed by atoms with E-state index in [1.807, 2.05) is 6.07 Å². The molecule has 2 amide bonds. The summed E-state index contributed by atoms with van der Waals surface area (Å²) in [5, 5.41) is 11.3. The lowest BCUT2D eigenvalue weighted by Gasteiger charge is -2.18. The van der Waals surface area contributed by atoms with Crippen LogP contribution < -0.4 is 15.8 Å². The van der Waals surface area contributed by atoms with E-state index in [1.54, 1.807) is 24.3 Å². The van der Waals surface area contributed by atoms with Gasteiger partial charge in [-0.3, -0.25) is 9.59 Å². The average Bonchev–Trinajstić information content (AvgIpc) is 2.68. The first-order valence-corrected chi connectivity index (χ1v) is 8.38. The van der Waals surface area contributed by atoms with Gasteiger partial charge in [0.15, 0.2) is 12.2 Å². The molecule has 0 aliphatic rings. The number of hydrogen-bond donors (Lipinski definition) is 2. The van der Waals surface area contributed by atoms with Gasteiger partial charge in [-0.15, -0.1) is 0 Å². The van der Waals surface area contributed by atoms with Crippen LogP contribution in [0, 0.1) is 11.3 Å². The highest BCUT2D eigenvalue weighted by molar-refractivity contribution is 5.96. The van der Waals surface area contributed by atoms with Crippen molar-refractivity contribution in [2.45, 2.75) is 26.1 Å². The van der Waals surface area contributed by atoms with Gasteiger partial charge in [0.1, 0.15) is 5.75 Å². The number of carbonyl (C=O) groups is 3. The molecular formula is C20H19N3O5. The van der Waals surface area contributed by atoms with Crippen LogP contribution >= 0.6 is 0 Å². The van der Waals surface area contributed by atoms with Crippen LogP contribution in [0.15, 0.2) is 48.5 Å². The van der Waals surface area contributed by atoms with Crippen LogP contribution in [0.4, 0.5) is 5.69 Å². The Bertz CT molecular complexity index is 901. The van der Waals surface area contributed by atoms with Gasteiger partial charge in [-0.2, -0.15) is 5.26 Å². The largest absolute Gasteiger partial charge is 0.479 e. The van der Waals surface area contributed by atoms with Crippen LogP contribution in [-0.2, 0) is 14.3 Å². The first-order chi connectivity index (χ1) is 13.3. The van der Waals surface area contributed by atoms with Gasteiger partial charge in [0, 0.05) is 11.3 Å². The molecule has 28 heavy (non-hydrogen) atoms. The Morgan fingerprint density at radius 3 is 2.14 bits per heavy atom. The molecule has 0 aromatic heterocycles. The maximum Gasteiger partial charge on any atom is 0.347 e. The number of nitrogens with one attached hydrogen (secondary N) is 1. The lowest BCUT2D eigenvalue weighted by Crippen LogP contribution is -2.35. The molecule has 0 aliphatic carbocycles. The number of nitrogens with zero attached hydrogens (tertiary/aromatic N) is 1.